The molecule has 0 fully saturated rings. The molecule has 0 aliphatic carbocycles. The van der Waals surface area contributed by atoms with Gasteiger partial charge < -0.3 is 9.84 Å². The molecule has 0 amide bonds. The zero-order valence-corrected chi connectivity index (χ0v) is 20.3. The number of nitrogens with one attached hydrogen (secondary N) is 1. The van der Waals surface area contributed by atoms with Gasteiger partial charge in [-0.15, -0.1) is 0 Å². The fourth-order valence-electron chi connectivity index (χ4n) is 4.26. The SMILES string of the molecule is CCc1ccc(-c2noc(C3=C(C)N(c4ccccc4)C(=S)NC3c3ccc(C)cc3)n2)cc1. The van der Waals surface area contributed by atoms with E-state index in [1.165, 1.54) is 11.1 Å². The van der Waals surface area contributed by atoms with Crippen molar-refractivity contribution in [1.82, 2.24) is 15.5 Å². The van der Waals surface area contributed by atoms with E-state index < -0.39 is 0 Å². The number of anilines is 1. The Morgan fingerprint density at radius 1 is 0.941 bits per heavy atom. The molecule has 4 aromatic rings. The van der Waals surface area contributed by atoms with Gasteiger partial charge in [-0.3, -0.25) is 4.90 Å². The number of thiocarbonyl (C=S) groups is 1. The highest BCUT2D eigenvalue weighted by molar-refractivity contribution is 7.80. The van der Waals surface area contributed by atoms with Gasteiger partial charge in [-0.05, 0) is 55.7 Å². The van der Waals surface area contributed by atoms with Crippen molar-refractivity contribution < 1.29 is 4.52 Å². The van der Waals surface area contributed by atoms with Crippen molar-refractivity contribution in [2.75, 3.05) is 4.90 Å². The van der Waals surface area contributed by atoms with Gasteiger partial charge in [-0.2, -0.15) is 4.98 Å². The van der Waals surface area contributed by atoms with Crippen molar-refractivity contribution in [2.45, 2.75) is 33.2 Å². The number of benzene rings is 3. The van der Waals surface area contributed by atoms with Crippen LogP contribution in [0.4, 0.5) is 5.69 Å². The fourth-order valence-corrected chi connectivity index (χ4v) is 4.62. The van der Waals surface area contributed by atoms with Crippen molar-refractivity contribution in [3.63, 3.8) is 0 Å². The lowest BCUT2D eigenvalue weighted by Crippen LogP contribution is -2.46. The van der Waals surface area contributed by atoms with E-state index in [0.717, 1.165) is 34.5 Å². The van der Waals surface area contributed by atoms with Crippen molar-refractivity contribution in [3.05, 3.63) is 107 Å². The third kappa shape index (κ3) is 4.13. The Morgan fingerprint density at radius 3 is 2.32 bits per heavy atom. The van der Waals surface area contributed by atoms with Gasteiger partial charge in [0.1, 0.15) is 0 Å². The normalized spacial score (nSPS) is 16.0. The van der Waals surface area contributed by atoms with E-state index in [2.05, 4.69) is 67.6 Å². The summed E-state index contributed by atoms with van der Waals surface area (Å²) in [5.41, 5.74) is 7.33. The van der Waals surface area contributed by atoms with E-state index in [0.29, 0.717) is 16.8 Å². The second-order valence-corrected chi connectivity index (χ2v) is 8.82. The number of hydrogen-bond donors (Lipinski definition) is 1. The molecule has 34 heavy (non-hydrogen) atoms. The van der Waals surface area contributed by atoms with Gasteiger partial charge in [0.15, 0.2) is 5.11 Å². The fraction of sp³-hybridized carbons (Fsp3) is 0.179. The van der Waals surface area contributed by atoms with Crippen LogP contribution in [0.2, 0.25) is 0 Å². The summed E-state index contributed by atoms with van der Waals surface area (Å²) in [6.07, 6.45) is 0.989. The van der Waals surface area contributed by atoms with E-state index in [-0.39, 0.29) is 6.04 Å². The molecule has 1 N–H and O–H groups in total. The van der Waals surface area contributed by atoms with Gasteiger partial charge in [0.25, 0.3) is 5.89 Å². The van der Waals surface area contributed by atoms with Gasteiger partial charge in [0, 0.05) is 16.9 Å². The molecule has 3 aromatic carbocycles. The van der Waals surface area contributed by atoms with Crippen molar-refractivity contribution in [1.29, 1.82) is 0 Å². The molecule has 1 atom stereocenters. The number of rotatable bonds is 5. The molecule has 2 heterocycles. The highest BCUT2D eigenvalue weighted by Gasteiger charge is 2.34. The average molecular weight is 467 g/mol. The smallest absolute Gasteiger partial charge is 0.258 e. The van der Waals surface area contributed by atoms with Gasteiger partial charge in [-0.1, -0.05) is 84.4 Å². The van der Waals surface area contributed by atoms with Gasteiger partial charge in [0.2, 0.25) is 5.82 Å². The van der Waals surface area contributed by atoms with Crippen LogP contribution < -0.4 is 10.2 Å². The maximum absolute atomic E-state index is 5.85. The van der Waals surface area contributed by atoms with Crippen LogP contribution in [-0.2, 0) is 6.42 Å². The van der Waals surface area contributed by atoms with E-state index >= 15 is 0 Å². The van der Waals surface area contributed by atoms with Crippen molar-refractivity contribution in [2.24, 2.45) is 0 Å². The van der Waals surface area contributed by atoms with Crippen LogP contribution in [0.5, 0.6) is 0 Å². The lowest BCUT2D eigenvalue weighted by atomic mass is 9.94. The van der Waals surface area contributed by atoms with Crippen LogP contribution in [0.15, 0.2) is 89.1 Å². The summed E-state index contributed by atoms with van der Waals surface area (Å²) in [6.45, 7) is 6.27. The predicted octanol–water partition coefficient (Wildman–Crippen LogP) is 6.47. The highest BCUT2D eigenvalue weighted by Crippen LogP contribution is 2.39. The summed E-state index contributed by atoms with van der Waals surface area (Å²) in [7, 11) is 0. The third-order valence-electron chi connectivity index (χ3n) is 6.19. The summed E-state index contributed by atoms with van der Waals surface area (Å²) in [4.78, 5) is 6.83. The maximum atomic E-state index is 5.85. The topological polar surface area (TPSA) is 54.2 Å². The first-order chi connectivity index (χ1) is 16.5. The van der Waals surface area contributed by atoms with Gasteiger partial charge >= 0.3 is 0 Å². The van der Waals surface area contributed by atoms with Crippen molar-refractivity contribution >= 4 is 28.6 Å². The molecule has 6 heteroatoms. The molecule has 1 aromatic heterocycles. The number of para-hydroxylation sites is 1. The Labute approximate surface area is 205 Å². The molecular formula is C28H26N4OS. The van der Waals surface area contributed by atoms with E-state index in [1.807, 2.05) is 47.4 Å². The molecule has 5 rings (SSSR count). The molecule has 0 bridgehead atoms. The molecule has 1 aliphatic heterocycles. The molecule has 170 valence electrons. The third-order valence-corrected chi connectivity index (χ3v) is 6.49. The predicted molar refractivity (Wildman–Crippen MR) is 140 cm³/mol. The Balaban J connectivity index is 1.62. The quantitative estimate of drug-likeness (QED) is 0.340. The van der Waals surface area contributed by atoms with Crippen LogP contribution >= 0.6 is 12.2 Å². The van der Waals surface area contributed by atoms with E-state index in [1.54, 1.807) is 0 Å². The lowest BCUT2D eigenvalue weighted by Gasteiger charge is -2.37. The monoisotopic (exact) mass is 466 g/mol. The first-order valence-corrected chi connectivity index (χ1v) is 11.8. The number of nitrogens with zero attached hydrogens (tertiary/aromatic N) is 3. The minimum Gasteiger partial charge on any atom is -0.351 e. The Kier molecular flexibility index (Phi) is 5.99. The summed E-state index contributed by atoms with van der Waals surface area (Å²) in [6, 6.07) is 26.6. The summed E-state index contributed by atoms with van der Waals surface area (Å²) in [5.74, 6) is 1.05. The van der Waals surface area contributed by atoms with Gasteiger partial charge in [-0.25, -0.2) is 0 Å². The maximum Gasteiger partial charge on any atom is 0.258 e. The lowest BCUT2D eigenvalue weighted by molar-refractivity contribution is 0.404. The van der Waals surface area contributed by atoms with Crippen LogP contribution in [0, 0.1) is 6.92 Å². The Hall–Kier alpha value is -3.77. The molecule has 0 spiro atoms. The summed E-state index contributed by atoms with van der Waals surface area (Å²) < 4.78 is 5.85. The zero-order valence-electron chi connectivity index (χ0n) is 19.4. The summed E-state index contributed by atoms with van der Waals surface area (Å²) >= 11 is 5.81. The molecule has 1 unspecified atom stereocenters. The van der Waals surface area contributed by atoms with Crippen LogP contribution in [0.3, 0.4) is 0 Å². The summed E-state index contributed by atoms with van der Waals surface area (Å²) in [5, 5.41) is 8.46. The standard InChI is InChI=1S/C28H26N4OS/c1-4-20-12-16-22(17-13-20)26-30-27(33-31-26)24-19(3)32(23-8-6-5-7-9-23)28(34)29-25(24)21-14-10-18(2)11-15-21/h5-17,25H,4H2,1-3H3,(H,29,34). The number of hydrogen-bond acceptors (Lipinski definition) is 4. The first kappa shape index (κ1) is 22.0. The van der Waals surface area contributed by atoms with Crippen LogP contribution in [0.25, 0.3) is 17.0 Å². The van der Waals surface area contributed by atoms with E-state index in [9.17, 15) is 0 Å². The minimum absolute atomic E-state index is 0.205. The number of allylic oxidation sites excluding steroid dienone is 1. The molecule has 0 saturated carbocycles. The molecule has 1 aliphatic rings. The average Bonchev–Trinajstić information content (AvgIpc) is 3.34. The van der Waals surface area contributed by atoms with E-state index in [4.69, 9.17) is 21.7 Å². The van der Waals surface area contributed by atoms with Crippen LogP contribution in [0.1, 0.15) is 42.5 Å². The molecule has 0 saturated heterocycles. The van der Waals surface area contributed by atoms with Crippen LogP contribution in [-0.4, -0.2) is 15.3 Å². The second-order valence-electron chi connectivity index (χ2n) is 8.44. The van der Waals surface area contributed by atoms with Crippen molar-refractivity contribution in [3.8, 4) is 11.4 Å². The minimum atomic E-state index is -0.205. The molecule has 0 radical (unpaired) electrons. The number of aromatic nitrogens is 2. The first-order valence-electron chi connectivity index (χ1n) is 11.4. The largest absolute Gasteiger partial charge is 0.351 e. The number of aryl methyl sites for hydroxylation is 2. The Morgan fingerprint density at radius 2 is 1.65 bits per heavy atom. The highest BCUT2D eigenvalue weighted by atomic mass is 32.1. The molecular weight excluding hydrogens is 440 g/mol. The molecule has 5 nitrogen and oxygen atoms in total. The Bertz CT molecular complexity index is 1340. The van der Waals surface area contributed by atoms with Gasteiger partial charge in [0.05, 0.1) is 11.6 Å². The second kappa shape index (κ2) is 9.23. The zero-order chi connectivity index (χ0) is 23.7.